The van der Waals surface area contributed by atoms with Gasteiger partial charge in [0.05, 0.1) is 31.1 Å². The number of quaternary nitrogens is 1. The van der Waals surface area contributed by atoms with Gasteiger partial charge in [-0.05, 0) is 13.0 Å². The van der Waals surface area contributed by atoms with Crippen LogP contribution in [0.3, 0.4) is 0 Å². The van der Waals surface area contributed by atoms with E-state index in [1.54, 1.807) is 15.7 Å². The van der Waals surface area contributed by atoms with Crippen LogP contribution in [0.2, 0.25) is 0 Å². The number of rotatable bonds is 5. The van der Waals surface area contributed by atoms with Crippen LogP contribution < -0.4 is 10.2 Å². The predicted molar refractivity (Wildman–Crippen MR) is 75.0 cm³/mol. The molecule has 0 bridgehead atoms. The van der Waals surface area contributed by atoms with Crippen LogP contribution in [0.1, 0.15) is 12.1 Å². The Labute approximate surface area is 117 Å². The maximum atomic E-state index is 5.37. The van der Waals surface area contributed by atoms with Crippen LogP contribution in [0.5, 0.6) is 0 Å². The van der Waals surface area contributed by atoms with E-state index >= 15 is 0 Å². The van der Waals surface area contributed by atoms with Crippen LogP contribution >= 0.6 is 0 Å². The van der Waals surface area contributed by atoms with Gasteiger partial charge in [0, 0.05) is 13.0 Å². The second-order valence-electron chi connectivity index (χ2n) is 5.19. The monoisotopic (exact) mass is 277 g/mol. The molecule has 3 heterocycles. The van der Waals surface area contributed by atoms with Gasteiger partial charge >= 0.3 is 0 Å². The molecule has 1 saturated heterocycles. The zero-order valence-electron chi connectivity index (χ0n) is 11.8. The number of nitrogens with zero attached hydrogens (tertiary/aromatic N) is 4. The number of nitrogens with one attached hydrogen (secondary N) is 2. The fourth-order valence-electron chi connectivity index (χ4n) is 2.55. The molecule has 1 aliphatic heterocycles. The van der Waals surface area contributed by atoms with Crippen molar-refractivity contribution in [1.82, 2.24) is 19.8 Å². The van der Waals surface area contributed by atoms with Gasteiger partial charge in [0.15, 0.2) is 0 Å². The summed E-state index contributed by atoms with van der Waals surface area (Å²) in [5.41, 5.74) is 2.75. The zero-order chi connectivity index (χ0) is 13.8. The molecule has 0 unspecified atom stereocenters. The highest BCUT2D eigenvalue weighted by atomic mass is 16.5. The Morgan fingerprint density at radius 1 is 1.40 bits per heavy atom. The first-order valence-corrected chi connectivity index (χ1v) is 7.16. The Morgan fingerprint density at radius 2 is 2.25 bits per heavy atom. The fourth-order valence-corrected chi connectivity index (χ4v) is 2.55. The van der Waals surface area contributed by atoms with Gasteiger partial charge in [0.25, 0.3) is 0 Å². The van der Waals surface area contributed by atoms with E-state index in [9.17, 15) is 0 Å². The number of hydrogen-bond acceptors (Lipinski definition) is 5. The Morgan fingerprint density at radius 3 is 3.10 bits per heavy atom. The fraction of sp³-hybridized carbons (Fsp3) is 0.615. The van der Waals surface area contributed by atoms with Gasteiger partial charge < -0.3 is 15.0 Å². The average molecular weight is 277 g/mol. The largest absolute Gasteiger partial charge is 0.382 e. The SMILES string of the molecule is Cc1cc(NCCC[NH+]2CCOCC2)c2nncn2n1. The van der Waals surface area contributed by atoms with Crippen LogP contribution in [-0.4, -0.2) is 59.2 Å². The van der Waals surface area contributed by atoms with Crippen LogP contribution in [0.25, 0.3) is 5.65 Å². The summed E-state index contributed by atoms with van der Waals surface area (Å²) < 4.78 is 7.08. The molecule has 1 aliphatic rings. The summed E-state index contributed by atoms with van der Waals surface area (Å²) in [7, 11) is 0. The molecule has 7 heteroatoms. The third-order valence-electron chi connectivity index (χ3n) is 3.61. The molecular weight excluding hydrogens is 256 g/mol. The molecule has 108 valence electrons. The molecule has 7 nitrogen and oxygen atoms in total. The van der Waals surface area contributed by atoms with Gasteiger partial charge in [-0.2, -0.15) is 9.61 Å². The Balaban J connectivity index is 1.53. The maximum Gasteiger partial charge on any atom is 0.200 e. The summed E-state index contributed by atoms with van der Waals surface area (Å²) >= 11 is 0. The Bertz CT molecular complexity index is 563. The first-order valence-electron chi connectivity index (χ1n) is 7.16. The minimum Gasteiger partial charge on any atom is -0.382 e. The first kappa shape index (κ1) is 13.3. The second-order valence-corrected chi connectivity index (χ2v) is 5.19. The van der Waals surface area contributed by atoms with E-state index in [-0.39, 0.29) is 0 Å². The van der Waals surface area contributed by atoms with Crippen molar-refractivity contribution < 1.29 is 9.64 Å². The molecule has 2 aromatic rings. The van der Waals surface area contributed by atoms with Crippen molar-refractivity contribution in [2.45, 2.75) is 13.3 Å². The highest BCUT2D eigenvalue weighted by molar-refractivity contribution is 5.66. The number of fused-ring (bicyclic) bond motifs is 1. The third-order valence-corrected chi connectivity index (χ3v) is 3.61. The normalized spacial score (nSPS) is 16.6. The van der Waals surface area contributed by atoms with Crippen LogP contribution in [0, 0.1) is 6.92 Å². The molecule has 0 atom stereocenters. The van der Waals surface area contributed by atoms with Crippen molar-refractivity contribution in [3.05, 3.63) is 18.1 Å². The molecule has 0 amide bonds. The van der Waals surface area contributed by atoms with Gasteiger partial charge in [0.1, 0.15) is 19.4 Å². The molecule has 0 spiro atoms. The van der Waals surface area contributed by atoms with E-state index in [0.717, 1.165) is 56.3 Å². The first-order chi connectivity index (χ1) is 9.83. The molecule has 3 rings (SSSR count). The highest BCUT2D eigenvalue weighted by Gasteiger charge is 2.13. The minimum atomic E-state index is 0.786. The Hall–Kier alpha value is -1.73. The average Bonchev–Trinajstić information content (AvgIpc) is 2.92. The molecule has 0 aliphatic carbocycles. The van der Waals surface area contributed by atoms with Crippen molar-refractivity contribution in [3.63, 3.8) is 0 Å². The Kier molecular flexibility index (Phi) is 4.08. The number of aryl methyl sites for hydroxylation is 1. The number of anilines is 1. The lowest BCUT2D eigenvalue weighted by Gasteiger charge is -2.23. The van der Waals surface area contributed by atoms with Gasteiger partial charge in [-0.15, -0.1) is 10.2 Å². The molecule has 2 aromatic heterocycles. The summed E-state index contributed by atoms with van der Waals surface area (Å²) in [6.07, 6.45) is 2.77. The van der Waals surface area contributed by atoms with Crippen LogP contribution in [0.15, 0.2) is 12.4 Å². The lowest BCUT2D eigenvalue weighted by atomic mass is 10.3. The lowest BCUT2D eigenvalue weighted by molar-refractivity contribution is -0.908. The summed E-state index contributed by atoms with van der Waals surface area (Å²) in [6.45, 7) is 8.15. The summed E-state index contributed by atoms with van der Waals surface area (Å²) in [4.78, 5) is 1.64. The lowest BCUT2D eigenvalue weighted by Crippen LogP contribution is -3.14. The summed E-state index contributed by atoms with van der Waals surface area (Å²) in [5, 5.41) is 15.8. The minimum absolute atomic E-state index is 0.786. The smallest absolute Gasteiger partial charge is 0.200 e. The maximum absolute atomic E-state index is 5.37. The van der Waals surface area contributed by atoms with E-state index in [0.29, 0.717) is 0 Å². The number of morpholine rings is 1. The van der Waals surface area contributed by atoms with Crippen LogP contribution in [-0.2, 0) is 4.74 Å². The van der Waals surface area contributed by atoms with E-state index in [4.69, 9.17) is 4.74 Å². The van der Waals surface area contributed by atoms with Crippen molar-refractivity contribution >= 4 is 11.3 Å². The van der Waals surface area contributed by atoms with E-state index in [2.05, 4.69) is 20.6 Å². The number of aromatic nitrogens is 4. The van der Waals surface area contributed by atoms with Crippen molar-refractivity contribution in [1.29, 1.82) is 0 Å². The number of hydrogen-bond donors (Lipinski definition) is 2. The highest BCUT2D eigenvalue weighted by Crippen LogP contribution is 2.14. The third kappa shape index (κ3) is 3.05. The summed E-state index contributed by atoms with van der Waals surface area (Å²) in [6, 6.07) is 2.02. The molecular formula is C13H21N6O+. The molecule has 0 aromatic carbocycles. The molecule has 2 N–H and O–H groups in total. The standard InChI is InChI=1S/C13H20N6O/c1-11-9-12(13-16-15-10-19(13)17-11)14-3-2-4-18-5-7-20-8-6-18/h9-10,14H,2-8H2,1H3/p+1. The summed E-state index contributed by atoms with van der Waals surface area (Å²) in [5.74, 6) is 0. The van der Waals surface area contributed by atoms with Gasteiger partial charge in [-0.25, -0.2) is 0 Å². The van der Waals surface area contributed by atoms with E-state index in [1.807, 2.05) is 13.0 Å². The zero-order valence-corrected chi connectivity index (χ0v) is 11.8. The molecule has 0 saturated carbocycles. The molecule has 0 radical (unpaired) electrons. The number of ether oxygens (including phenoxy) is 1. The van der Waals surface area contributed by atoms with Crippen LogP contribution in [0.4, 0.5) is 5.69 Å². The molecule has 1 fully saturated rings. The molecule has 20 heavy (non-hydrogen) atoms. The van der Waals surface area contributed by atoms with Crippen molar-refractivity contribution in [2.75, 3.05) is 44.7 Å². The van der Waals surface area contributed by atoms with Crippen molar-refractivity contribution in [2.24, 2.45) is 0 Å². The van der Waals surface area contributed by atoms with Crippen molar-refractivity contribution in [3.8, 4) is 0 Å². The van der Waals surface area contributed by atoms with E-state index in [1.165, 1.54) is 6.54 Å². The van der Waals surface area contributed by atoms with E-state index < -0.39 is 0 Å². The quantitative estimate of drug-likeness (QED) is 0.697. The van der Waals surface area contributed by atoms with Gasteiger partial charge in [0.2, 0.25) is 5.65 Å². The topological polar surface area (TPSA) is 68.8 Å². The van der Waals surface area contributed by atoms with Gasteiger partial charge in [-0.1, -0.05) is 0 Å². The predicted octanol–water partition coefficient (Wildman–Crippen LogP) is -0.850. The van der Waals surface area contributed by atoms with Gasteiger partial charge in [-0.3, -0.25) is 0 Å². The second kappa shape index (κ2) is 6.15.